The van der Waals surface area contributed by atoms with E-state index in [0.29, 0.717) is 13.0 Å². The molecule has 0 radical (unpaired) electrons. The Balaban J connectivity index is 2.58. The van der Waals surface area contributed by atoms with Crippen molar-refractivity contribution in [3.63, 3.8) is 0 Å². The molecule has 1 rings (SSSR count). The predicted molar refractivity (Wildman–Crippen MR) is 72.1 cm³/mol. The van der Waals surface area contributed by atoms with Gasteiger partial charge in [0.2, 0.25) is 0 Å². The van der Waals surface area contributed by atoms with Crippen molar-refractivity contribution in [2.75, 3.05) is 6.61 Å². The van der Waals surface area contributed by atoms with Gasteiger partial charge in [0.05, 0.1) is 12.2 Å². The monoisotopic (exact) mass is 252 g/mol. The predicted octanol–water partition coefficient (Wildman–Crippen LogP) is 3.79. The van der Waals surface area contributed by atoms with Gasteiger partial charge in [-0.05, 0) is 51.3 Å². The van der Waals surface area contributed by atoms with Crippen LogP contribution in [0.2, 0.25) is 0 Å². The number of allylic oxidation sites excluding steroid dienone is 1. The lowest BCUT2D eigenvalue weighted by Crippen LogP contribution is -2.17. The van der Waals surface area contributed by atoms with Gasteiger partial charge in [0.15, 0.2) is 11.6 Å². The Morgan fingerprint density at radius 2 is 2.11 bits per heavy atom. The van der Waals surface area contributed by atoms with Crippen molar-refractivity contribution in [3.05, 3.63) is 35.7 Å². The van der Waals surface area contributed by atoms with E-state index in [4.69, 9.17) is 4.74 Å². The number of rotatable bonds is 6. The third kappa shape index (κ3) is 5.32. The van der Waals surface area contributed by atoms with Crippen molar-refractivity contribution in [2.24, 2.45) is 0 Å². The van der Waals surface area contributed by atoms with Crippen molar-refractivity contribution in [2.45, 2.75) is 39.2 Å². The van der Waals surface area contributed by atoms with Crippen LogP contribution in [0.15, 0.2) is 24.3 Å². The molecule has 0 fully saturated rings. The molecule has 0 heterocycles. The topological polar surface area (TPSA) is 29.5 Å². The smallest absolute Gasteiger partial charge is 0.165 e. The van der Waals surface area contributed by atoms with E-state index in [2.05, 4.69) is 0 Å². The number of hydrogen-bond acceptors (Lipinski definition) is 2. The summed E-state index contributed by atoms with van der Waals surface area (Å²) in [7, 11) is 0. The van der Waals surface area contributed by atoms with Crippen LogP contribution >= 0.6 is 0 Å². The van der Waals surface area contributed by atoms with Gasteiger partial charge in [-0.2, -0.15) is 0 Å². The SMILES string of the molecule is CCOc1ccc(/C=C/CCC(C)(C)O)cc1F. The Hall–Kier alpha value is -1.35. The lowest BCUT2D eigenvalue weighted by atomic mass is 10.0. The van der Waals surface area contributed by atoms with E-state index in [9.17, 15) is 9.50 Å². The maximum atomic E-state index is 13.5. The van der Waals surface area contributed by atoms with Gasteiger partial charge in [-0.15, -0.1) is 0 Å². The molecule has 2 nitrogen and oxygen atoms in total. The number of hydrogen-bond donors (Lipinski definition) is 1. The average molecular weight is 252 g/mol. The maximum Gasteiger partial charge on any atom is 0.165 e. The van der Waals surface area contributed by atoms with Crippen LogP contribution < -0.4 is 4.74 Å². The second kappa shape index (κ2) is 6.55. The molecule has 0 aliphatic heterocycles. The van der Waals surface area contributed by atoms with Crippen molar-refractivity contribution in [1.82, 2.24) is 0 Å². The van der Waals surface area contributed by atoms with Crippen LogP contribution in [0.25, 0.3) is 6.08 Å². The molecule has 0 amide bonds. The highest BCUT2D eigenvalue weighted by Gasteiger charge is 2.09. The van der Waals surface area contributed by atoms with E-state index in [-0.39, 0.29) is 11.6 Å². The summed E-state index contributed by atoms with van der Waals surface area (Å²) in [6.07, 6.45) is 5.24. The molecule has 18 heavy (non-hydrogen) atoms. The highest BCUT2D eigenvalue weighted by atomic mass is 19.1. The van der Waals surface area contributed by atoms with Crippen molar-refractivity contribution in [3.8, 4) is 5.75 Å². The van der Waals surface area contributed by atoms with E-state index in [1.165, 1.54) is 6.07 Å². The molecule has 0 aliphatic rings. The molecule has 1 aromatic rings. The van der Waals surface area contributed by atoms with Crippen LogP contribution in [-0.2, 0) is 0 Å². The Labute approximate surface area is 108 Å². The molecule has 0 aromatic heterocycles. The Morgan fingerprint density at radius 1 is 1.39 bits per heavy atom. The minimum absolute atomic E-state index is 0.283. The summed E-state index contributed by atoms with van der Waals surface area (Å²) >= 11 is 0. The van der Waals surface area contributed by atoms with Crippen LogP contribution in [-0.4, -0.2) is 17.3 Å². The minimum Gasteiger partial charge on any atom is -0.491 e. The largest absolute Gasteiger partial charge is 0.491 e. The first-order valence-corrected chi connectivity index (χ1v) is 6.23. The molecule has 0 unspecified atom stereocenters. The van der Waals surface area contributed by atoms with Gasteiger partial charge in [-0.3, -0.25) is 0 Å². The molecule has 1 aromatic carbocycles. The number of benzene rings is 1. The van der Waals surface area contributed by atoms with Crippen LogP contribution in [0.1, 0.15) is 39.2 Å². The fourth-order valence-electron chi connectivity index (χ4n) is 1.55. The molecular weight excluding hydrogens is 231 g/mol. The van der Waals surface area contributed by atoms with Gasteiger partial charge in [0.25, 0.3) is 0 Å². The fourth-order valence-corrected chi connectivity index (χ4v) is 1.55. The van der Waals surface area contributed by atoms with Gasteiger partial charge in [0.1, 0.15) is 0 Å². The summed E-state index contributed by atoms with van der Waals surface area (Å²) in [5.41, 5.74) is 0.140. The lowest BCUT2D eigenvalue weighted by Gasteiger charge is -2.14. The quantitative estimate of drug-likeness (QED) is 0.834. The molecule has 3 heteroatoms. The Bertz CT molecular complexity index is 405. The van der Waals surface area contributed by atoms with E-state index in [1.54, 1.807) is 19.9 Å². The van der Waals surface area contributed by atoms with E-state index >= 15 is 0 Å². The van der Waals surface area contributed by atoms with E-state index in [0.717, 1.165) is 12.0 Å². The first kappa shape index (κ1) is 14.7. The number of aliphatic hydroxyl groups is 1. The van der Waals surface area contributed by atoms with Gasteiger partial charge >= 0.3 is 0 Å². The molecule has 0 aliphatic carbocycles. The van der Waals surface area contributed by atoms with Gasteiger partial charge < -0.3 is 9.84 Å². The highest BCUT2D eigenvalue weighted by Crippen LogP contribution is 2.19. The highest BCUT2D eigenvalue weighted by molar-refractivity contribution is 5.51. The van der Waals surface area contributed by atoms with Gasteiger partial charge in [-0.1, -0.05) is 18.2 Å². The third-order valence-electron chi connectivity index (χ3n) is 2.49. The molecular formula is C15H21FO2. The first-order valence-electron chi connectivity index (χ1n) is 6.23. The summed E-state index contributed by atoms with van der Waals surface area (Å²) < 4.78 is 18.7. The normalized spacial score (nSPS) is 12.1. The standard InChI is InChI=1S/C15H21FO2/c1-4-18-14-9-8-12(11-13(14)16)7-5-6-10-15(2,3)17/h5,7-9,11,17H,4,6,10H2,1-3H3/b7-5+. The molecule has 1 N–H and O–H groups in total. The van der Waals surface area contributed by atoms with Gasteiger partial charge in [-0.25, -0.2) is 4.39 Å². The van der Waals surface area contributed by atoms with E-state index < -0.39 is 5.60 Å². The summed E-state index contributed by atoms with van der Waals surface area (Å²) in [6.45, 7) is 5.83. The van der Waals surface area contributed by atoms with Crippen LogP contribution in [0, 0.1) is 5.82 Å². The summed E-state index contributed by atoms with van der Waals surface area (Å²) in [5, 5.41) is 9.54. The second-order valence-corrected chi connectivity index (χ2v) is 4.88. The number of ether oxygens (including phenoxy) is 1. The van der Waals surface area contributed by atoms with Crippen molar-refractivity contribution in [1.29, 1.82) is 0 Å². The van der Waals surface area contributed by atoms with E-state index in [1.807, 2.05) is 25.1 Å². The molecule has 0 saturated heterocycles. The van der Waals surface area contributed by atoms with Crippen molar-refractivity contribution < 1.29 is 14.2 Å². The molecule has 0 atom stereocenters. The number of halogens is 1. The van der Waals surface area contributed by atoms with Crippen LogP contribution in [0.5, 0.6) is 5.75 Å². The Kier molecular flexibility index (Phi) is 5.35. The minimum atomic E-state index is -0.658. The first-order chi connectivity index (χ1) is 8.42. The van der Waals surface area contributed by atoms with Gasteiger partial charge in [0, 0.05) is 0 Å². The van der Waals surface area contributed by atoms with Crippen LogP contribution in [0.4, 0.5) is 4.39 Å². The Morgan fingerprint density at radius 3 is 2.67 bits per heavy atom. The summed E-state index contributed by atoms with van der Waals surface area (Å²) in [6, 6.07) is 4.90. The van der Waals surface area contributed by atoms with Crippen LogP contribution in [0.3, 0.4) is 0 Å². The lowest BCUT2D eigenvalue weighted by molar-refractivity contribution is 0.0722. The maximum absolute atomic E-state index is 13.5. The molecule has 0 saturated carbocycles. The fraction of sp³-hybridized carbons (Fsp3) is 0.467. The summed E-state index contributed by atoms with van der Waals surface area (Å²) in [4.78, 5) is 0. The third-order valence-corrected chi connectivity index (χ3v) is 2.49. The molecule has 0 bridgehead atoms. The van der Waals surface area contributed by atoms with Crippen molar-refractivity contribution >= 4 is 6.08 Å². The average Bonchev–Trinajstić information content (AvgIpc) is 2.27. The molecule has 100 valence electrons. The summed E-state index contributed by atoms with van der Waals surface area (Å²) in [5.74, 6) is -0.0624. The zero-order valence-electron chi connectivity index (χ0n) is 11.2. The second-order valence-electron chi connectivity index (χ2n) is 4.88. The molecule has 0 spiro atoms. The zero-order valence-corrected chi connectivity index (χ0v) is 11.2. The zero-order chi connectivity index (χ0) is 13.6.